The van der Waals surface area contributed by atoms with E-state index >= 15 is 0 Å². The van der Waals surface area contributed by atoms with Gasteiger partial charge in [-0.05, 0) is 43.0 Å². The SMILES string of the molecule is COc1cc(N(C)CC2(O)CCN(CCc3ccc(C#N)cc3)CC2)c(Cl)cc1C(=O)O. The highest BCUT2D eigenvalue weighted by Crippen LogP contribution is 2.35. The molecule has 0 amide bonds. The van der Waals surface area contributed by atoms with E-state index in [1.807, 2.05) is 36.2 Å². The second kappa shape index (κ2) is 10.2. The summed E-state index contributed by atoms with van der Waals surface area (Å²) in [6.07, 6.45) is 2.16. The Morgan fingerprint density at radius 3 is 2.50 bits per heavy atom. The van der Waals surface area contributed by atoms with Crippen LogP contribution in [-0.2, 0) is 6.42 Å². The highest BCUT2D eigenvalue weighted by atomic mass is 35.5. The van der Waals surface area contributed by atoms with Crippen LogP contribution in [-0.4, -0.2) is 67.0 Å². The van der Waals surface area contributed by atoms with E-state index in [1.165, 1.54) is 18.7 Å². The van der Waals surface area contributed by atoms with Crippen molar-refractivity contribution in [3.8, 4) is 11.8 Å². The normalized spacial score (nSPS) is 15.7. The molecule has 1 aliphatic heterocycles. The molecule has 1 fully saturated rings. The van der Waals surface area contributed by atoms with Gasteiger partial charge in [0.2, 0.25) is 0 Å². The molecule has 32 heavy (non-hydrogen) atoms. The van der Waals surface area contributed by atoms with Crippen molar-refractivity contribution >= 4 is 23.3 Å². The molecule has 0 saturated carbocycles. The lowest BCUT2D eigenvalue weighted by molar-refractivity contribution is -0.0137. The van der Waals surface area contributed by atoms with E-state index in [-0.39, 0.29) is 11.3 Å². The van der Waals surface area contributed by atoms with Gasteiger partial charge in [-0.25, -0.2) is 4.79 Å². The zero-order valence-electron chi connectivity index (χ0n) is 18.3. The molecule has 2 aromatic carbocycles. The van der Waals surface area contributed by atoms with Crippen LogP contribution in [0, 0.1) is 11.3 Å². The fraction of sp³-hybridized carbons (Fsp3) is 0.417. The lowest BCUT2D eigenvalue weighted by Gasteiger charge is -2.41. The van der Waals surface area contributed by atoms with Crippen LogP contribution in [0.25, 0.3) is 0 Å². The Balaban J connectivity index is 1.57. The first kappa shape index (κ1) is 23.9. The fourth-order valence-corrected chi connectivity index (χ4v) is 4.39. The number of nitrogens with zero attached hydrogens (tertiary/aromatic N) is 3. The highest BCUT2D eigenvalue weighted by molar-refractivity contribution is 6.33. The molecule has 0 bridgehead atoms. The highest BCUT2D eigenvalue weighted by Gasteiger charge is 2.34. The van der Waals surface area contributed by atoms with Crippen LogP contribution in [0.1, 0.15) is 34.3 Å². The molecule has 1 heterocycles. The third-order valence-corrected chi connectivity index (χ3v) is 6.33. The first-order chi connectivity index (χ1) is 15.2. The maximum Gasteiger partial charge on any atom is 0.339 e. The Kier molecular flexibility index (Phi) is 7.62. The average molecular weight is 458 g/mol. The smallest absolute Gasteiger partial charge is 0.339 e. The molecule has 7 nitrogen and oxygen atoms in total. The van der Waals surface area contributed by atoms with Crippen molar-refractivity contribution in [3.05, 3.63) is 58.1 Å². The van der Waals surface area contributed by atoms with Gasteiger partial charge in [-0.15, -0.1) is 0 Å². The third kappa shape index (κ3) is 5.71. The Morgan fingerprint density at radius 2 is 1.94 bits per heavy atom. The van der Waals surface area contributed by atoms with Crippen LogP contribution in [0.2, 0.25) is 5.02 Å². The third-order valence-electron chi connectivity index (χ3n) is 6.03. The van der Waals surface area contributed by atoms with E-state index in [0.29, 0.717) is 35.7 Å². The lowest BCUT2D eigenvalue weighted by Crippen LogP contribution is -2.50. The van der Waals surface area contributed by atoms with Gasteiger partial charge in [-0.2, -0.15) is 5.26 Å². The van der Waals surface area contributed by atoms with Gasteiger partial charge in [0, 0.05) is 39.3 Å². The second-order valence-electron chi connectivity index (χ2n) is 8.29. The zero-order valence-corrected chi connectivity index (χ0v) is 19.1. The minimum atomic E-state index is -1.11. The van der Waals surface area contributed by atoms with Crippen LogP contribution in [0.5, 0.6) is 5.75 Å². The molecule has 0 unspecified atom stereocenters. The lowest BCUT2D eigenvalue weighted by atomic mass is 9.90. The average Bonchev–Trinajstić information content (AvgIpc) is 2.78. The Bertz CT molecular complexity index is 996. The van der Waals surface area contributed by atoms with Crippen LogP contribution < -0.4 is 9.64 Å². The number of rotatable bonds is 8. The van der Waals surface area contributed by atoms with Crippen molar-refractivity contribution in [1.82, 2.24) is 4.90 Å². The van der Waals surface area contributed by atoms with E-state index in [2.05, 4.69) is 11.0 Å². The number of carbonyl (C=O) groups is 1. The van der Waals surface area contributed by atoms with Gasteiger partial charge in [0.05, 0.1) is 35.1 Å². The molecular formula is C24H28ClN3O4. The van der Waals surface area contributed by atoms with Crippen LogP contribution in [0.15, 0.2) is 36.4 Å². The minimum absolute atomic E-state index is 0.00364. The molecule has 2 N–H and O–H groups in total. The van der Waals surface area contributed by atoms with Crippen molar-refractivity contribution in [1.29, 1.82) is 5.26 Å². The number of methoxy groups -OCH3 is 1. The van der Waals surface area contributed by atoms with E-state index in [0.717, 1.165) is 26.1 Å². The van der Waals surface area contributed by atoms with Crippen LogP contribution >= 0.6 is 11.6 Å². The summed E-state index contributed by atoms with van der Waals surface area (Å²) < 4.78 is 5.21. The van der Waals surface area contributed by atoms with Crippen molar-refractivity contribution in [3.63, 3.8) is 0 Å². The summed E-state index contributed by atoms with van der Waals surface area (Å²) in [5.74, 6) is -0.877. The molecule has 0 spiro atoms. The molecule has 1 aliphatic rings. The van der Waals surface area contributed by atoms with Crippen molar-refractivity contribution in [2.24, 2.45) is 0 Å². The number of aromatic carboxylic acids is 1. The number of anilines is 1. The molecule has 0 aliphatic carbocycles. The molecule has 0 aromatic heterocycles. The maximum absolute atomic E-state index is 11.4. The summed E-state index contributed by atoms with van der Waals surface area (Å²) in [5.41, 5.74) is 1.62. The molecule has 1 saturated heterocycles. The molecule has 0 radical (unpaired) electrons. The number of carboxylic acids is 1. The number of benzene rings is 2. The zero-order chi connectivity index (χ0) is 23.3. The number of hydrogen-bond donors (Lipinski definition) is 2. The summed E-state index contributed by atoms with van der Waals surface area (Å²) in [6.45, 7) is 2.86. The van der Waals surface area contributed by atoms with Crippen molar-refractivity contribution in [2.75, 3.05) is 45.2 Å². The summed E-state index contributed by atoms with van der Waals surface area (Å²) in [6, 6.07) is 12.8. The summed E-state index contributed by atoms with van der Waals surface area (Å²) in [4.78, 5) is 15.6. The number of likely N-dealkylation sites (tertiary alicyclic amines) is 1. The van der Waals surface area contributed by atoms with Gasteiger partial charge in [-0.3, -0.25) is 0 Å². The van der Waals surface area contributed by atoms with Crippen LogP contribution in [0.3, 0.4) is 0 Å². The molecule has 0 atom stereocenters. The van der Waals surface area contributed by atoms with Gasteiger partial charge < -0.3 is 24.7 Å². The first-order valence-electron chi connectivity index (χ1n) is 10.5. The topological polar surface area (TPSA) is 97.0 Å². The standard InChI is InChI=1S/C24H28ClN3O4/c1-27(21-14-22(32-2)19(23(29)30)13-20(21)25)16-24(31)8-11-28(12-9-24)10-7-17-3-5-18(15-26)6-4-17/h3-6,13-14,31H,7-12,16H2,1-2H3,(H,29,30). The number of aliphatic hydroxyl groups is 1. The molecule has 2 aromatic rings. The number of nitriles is 1. The summed E-state index contributed by atoms with van der Waals surface area (Å²) in [5, 5.41) is 29.7. The predicted molar refractivity (Wildman–Crippen MR) is 124 cm³/mol. The maximum atomic E-state index is 11.4. The van der Waals surface area contributed by atoms with Crippen molar-refractivity contribution < 1.29 is 19.7 Å². The molecule has 8 heteroatoms. The summed E-state index contributed by atoms with van der Waals surface area (Å²) in [7, 11) is 3.25. The van der Waals surface area contributed by atoms with Gasteiger partial charge >= 0.3 is 5.97 Å². The number of piperidine rings is 1. The minimum Gasteiger partial charge on any atom is -0.496 e. The Morgan fingerprint density at radius 1 is 1.28 bits per heavy atom. The summed E-state index contributed by atoms with van der Waals surface area (Å²) >= 11 is 6.33. The number of carboxylic acid groups (broad SMARTS) is 1. The van der Waals surface area contributed by atoms with Gasteiger partial charge in [0.1, 0.15) is 11.3 Å². The quantitative estimate of drug-likeness (QED) is 0.626. The van der Waals surface area contributed by atoms with Gasteiger partial charge in [0.25, 0.3) is 0 Å². The number of hydrogen-bond acceptors (Lipinski definition) is 6. The monoisotopic (exact) mass is 457 g/mol. The largest absolute Gasteiger partial charge is 0.496 e. The van der Waals surface area contributed by atoms with Gasteiger partial charge in [0.15, 0.2) is 0 Å². The Labute approximate surface area is 193 Å². The van der Waals surface area contributed by atoms with Crippen LogP contribution in [0.4, 0.5) is 5.69 Å². The number of halogens is 1. The number of likely N-dealkylation sites (N-methyl/N-ethyl adjacent to an activating group) is 1. The molecule has 170 valence electrons. The van der Waals surface area contributed by atoms with E-state index in [1.54, 1.807) is 6.07 Å². The second-order valence-corrected chi connectivity index (χ2v) is 8.70. The van der Waals surface area contributed by atoms with Crippen molar-refractivity contribution in [2.45, 2.75) is 24.9 Å². The molecule has 3 rings (SSSR count). The Hall–Kier alpha value is -2.79. The first-order valence-corrected chi connectivity index (χ1v) is 10.9. The predicted octanol–water partition coefficient (Wildman–Crippen LogP) is 3.42. The number of ether oxygens (including phenoxy) is 1. The van der Waals surface area contributed by atoms with E-state index in [9.17, 15) is 15.0 Å². The van der Waals surface area contributed by atoms with E-state index in [4.69, 9.17) is 21.6 Å². The van der Waals surface area contributed by atoms with E-state index < -0.39 is 11.6 Å². The molecular weight excluding hydrogens is 430 g/mol. The fourth-order valence-electron chi connectivity index (χ4n) is 4.08. The van der Waals surface area contributed by atoms with Gasteiger partial charge in [-0.1, -0.05) is 23.7 Å².